The molecule has 0 aliphatic carbocycles. The number of carbonyl (C=O) groups excluding carboxylic acids is 1. The number of halogens is 1. The Bertz CT molecular complexity index is 458. The first-order chi connectivity index (χ1) is 8.67. The fourth-order valence-corrected chi connectivity index (χ4v) is 2.02. The lowest BCUT2D eigenvalue weighted by atomic mass is 10.1. The summed E-state index contributed by atoms with van der Waals surface area (Å²) in [5.74, 6) is -0.196. The second kappa shape index (κ2) is 6.23. The van der Waals surface area contributed by atoms with Crippen LogP contribution in [0.5, 0.6) is 0 Å². The summed E-state index contributed by atoms with van der Waals surface area (Å²) >= 11 is 5.97. The highest BCUT2D eigenvalue weighted by atomic mass is 35.5. The van der Waals surface area contributed by atoms with Gasteiger partial charge in [0.25, 0.3) is 0 Å². The van der Waals surface area contributed by atoms with Crippen molar-refractivity contribution in [3.05, 3.63) is 23.2 Å². The molecule has 0 saturated carbocycles. The molecule has 0 radical (unpaired) electrons. The number of likely N-dealkylation sites (N-methyl/N-ethyl adjacent to an activating group) is 1. The van der Waals surface area contributed by atoms with Crippen LogP contribution in [0, 0.1) is 0 Å². The second-order valence-electron chi connectivity index (χ2n) is 5.27. The molecule has 6 heteroatoms. The highest BCUT2D eigenvalue weighted by molar-refractivity contribution is 6.34. The van der Waals surface area contributed by atoms with E-state index in [0.29, 0.717) is 22.9 Å². The van der Waals surface area contributed by atoms with E-state index in [4.69, 9.17) is 17.3 Å². The number of benzene rings is 1. The molecule has 0 saturated heterocycles. The van der Waals surface area contributed by atoms with Crippen LogP contribution in [0.4, 0.5) is 11.4 Å². The van der Waals surface area contributed by atoms with Crippen molar-refractivity contribution >= 4 is 28.9 Å². The number of amides is 1. The average Bonchev–Trinajstić information content (AvgIpc) is 2.19. The van der Waals surface area contributed by atoms with Crippen LogP contribution >= 0.6 is 11.6 Å². The molecule has 5 nitrogen and oxygen atoms in total. The van der Waals surface area contributed by atoms with Gasteiger partial charge in [0.1, 0.15) is 0 Å². The Morgan fingerprint density at radius 2 is 2.16 bits per heavy atom. The molecular weight excluding hydrogens is 266 g/mol. The van der Waals surface area contributed by atoms with Crippen molar-refractivity contribution < 1.29 is 9.90 Å². The summed E-state index contributed by atoms with van der Waals surface area (Å²) < 4.78 is 0. The van der Waals surface area contributed by atoms with Gasteiger partial charge in [-0.15, -0.1) is 0 Å². The molecule has 0 bridgehead atoms. The van der Waals surface area contributed by atoms with Crippen LogP contribution in [-0.4, -0.2) is 41.7 Å². The molecule has 1 aromatic rings. The lowest BCUT2D eigenvalue weighted by molar-refractivity contribution is -0.117. The number of anilines is 2. The Morgan fingerprint density at radius 3 is 2.68 bits per heavy atom. The van der Waals surface area contributed by atoms with E-state index in [9.17, 15) is 9.90 Å². The second-order valence-corrected chi connectivity index (χ2v) is 5.68. The summed E-state index contributed by atoms with van der Waals surface area (Å²) in [5.41, 5.74) is 5.81. The third-order valence-corrected chi connectivity index (χ3v) is 2.65. The van der Waals surface area contributed by atoms with E-state index >= 15 is 0 Å². The topological polar surface area (TPSA) is 78.6 Å². The fraction of sp³-hybridized carbons (Fsp3) is 0.462. The van der Waals surface area contributed by atoms with Crippen molar-refractivity contribution in [3.8, 4) is 0 Å². The van der Waals surface area contributed by atoms with Gasteiger partial charge in [0, 0.05) is 12.2 Å². The van der Waals surface area contributed by atoms with E-state index in [0.717, 1.165) is 0 Å². The summed E-state index contributed by atoms with van der Waals surface area (Å²) in [6.07, 6.45) is 0. The standard InChI is InChI=1S/C13H20ClN3O2/c1-13(2,19)8-17(3)7-12(18)16-11-5-4-9(15)6-10(11)14/h4-6,19H,7-8,15H2,1-3H3,(H,16,18). The third kappa shape index (κ3) is 5.92. The monoisotopic (exact) mass is 285 g/mol. The van der Waals surface area contributed by atoms with Crippen LogP contribution in [0.2, 0.25) is 5.02 Å². The minimum absolute atomic E-state index is 0.171. The van der Waals surface area contributed by atoms with Gasteiger partial charge >= 0.3 is 0 Å². The van der Waals surface area contributed by atoms with Gasteiger partial charge in [0.05, 0.1) is 22.9 Å². The Hall–Kier alpha value is -1.30. The molecule has 0 spiro atoms. The molecule has 0 unspecified atom stereocenters. The maximum atomic E-state index is 11.8. The first-order valence-electron chi connectivity index (χ1n) is 5.93. The Morgan fingerprint density at radius 1 is 1.53 bits per heavy atom. The van der Waals surface area contributed by atoms with Gasteiger partial charge in [-0.05, 0) is 39.1 Å². The van der Waals surface area contributed by atoms with Gasteiger partial charge in [-0.2, -0.15) is 0 Å². The van der Waals surface area contributed by atoms with Crippen LogP contribution < -0.4 is 11.1 Å². The minimum Gasteiger partial charge on any atom is -0.399 e. The molecule has 19 heavy (non-hydrogen) atoms. The number of hydrogen-bond donors (Lipinski definition) is 3. The lowest BCUT2D eigenvalue weighted by Gasteiger charge is -2.24. The molecule has 0 aromatic heterocycles. The number of nitrogens with zero attached hydrogens (tertiary/aromatic N) is 1. The number of aliphatic hydroxyl groups is 1. The molecule has 0 fully saturated rings. The normalized spacial score (nSPS) is 11.7. The SMILES string of the molecule is CN(CC(=O)Nc1ccc(N)cc1Cl)CC(C)(C)O. The highest BCUT2D eigenvalue weighted by Gasteiger charge is 2.17. The van der Waals surface area contributed by atoms with Crippen LogP contribution in [0.3, 0.4) is 0 Å². The fourth-order valence-electron chi connectivity index (χ4n) is 1.78. The largest absolute Gasteiger partial charge is 0.399 e. The third-order valence-electron chi connectivity index (χ3n) is 2.34. The molecule has 0 aliphatic rings. The molecule has 1 rings (SSSR count). The summed E-state index contributed by atoms with van der Waals surface area (Å²) in [7, 11) is 1.77. The van der Waals surface area contributed by atoms with Crippen molar-refractivity contribution in [1.82, 2.24) is 4.90 Å². The maximum Gasteiger partial charge on any atom is 0.238 e. The number of carbonyl (C=O) groups is 1. The minimum atomic E-state index is -0.839. The average molecular weight is 286 g/mol. The summed E-state index contributed by atoms with van der Waals surface area (Å²) in [4.78, 5) is 13.6. The number of nitrogens with one attached hydrogen (secondary N) is 1. The zero-order valence-corrected chi connectivity index (χ0v) is 12.2. The molecule has 0 atom stereocenters. The quantitative estimate of drug-likeness (QED) is 0.718. The molecule has 1 amide bonds. The predicted octanol–water partition coefficient (Wildman–Crippen LogP) is 1.56. The lowest BCUT2D eigenvalue weighted by Crippen LogP contribution is -2.40. The smallest absolute Gasteiger partial charge is 0.238 e. The molecule has 1 aromatic carbocycles. The van der Waals surface area contributed by atoms with Crippen LogP contribution in [0.1, 0.15) is 13.8 Å². The van der Waals surface area contributed by atoms with E-state index in [1.807, 2.05) is 0 Å². The van der Waals surface area contributed by atoms with Crippen molar-refractivity contribution in [1.29, 1.82) is 0 Å². The molecule has 0 heterocycles. The molecule has 106 valence electrons. The Balaban J connectivity index is 2.56. The van der Waals surface area contributed by atoms with Crippen molar-refractivity contribution in [2.45, 2.75) is 19.4 Å². The van der Waals surface area contributed by atoms with Crippen molar-refractivity contribution in [2.75, 3.05) is 31.2 Å². The van der Waals surface area contributed by atoms with Crippen LogP contribution in [0.25, 0.3) is 0 Å². The van der Waals surface area contributed by atoms with Crippen LogP contribution in [0.15, 0.2) is 18.2 Å². The first kappa shape index (κ1) is 15.8. The molecule has 4 N–H and O–H groups in total. The van der Waals surface area contributed by atoms with Gasteiger partial charge < -0.3 is 16.2 Å². The van der Waals surface area contributed by atoms with Crippen molar-refractivity contribution in [2.24, 2.45) is 0 Å². The summed E-state index contributed by atoms with van der Waals surface area (Å²) in [5, 5.41) is 12.8. The van der Waals surface area contributed by atoms with Gasteiger partial charge in [-0.3, -0.25) is 9.69 Å². The summed E-state index contributed by atoms with van der Waals surface area (Å²) in [6.45, 7) is 3.96. The van der Waals surface area contributed by atoms with E-state index in [-0.39, 0.29) is 12.5 Å². The molecular formula is C13H20ClN3O2. The zero-order chi connectivity index (χ0) is 14.6. The summed E-state index contributed by atoms with van der Waals surface area (Å²) in [6, 6.07) is 4.91. The van der Waals surface area contributed by atoms with Gasteiger partial charge in [0.2, 0.25) is 5.91 Å². The van der Waals surface area contributed by atoms with E-state index in [1.165, 1.54) is 0 Å². The van der Waals surface area contributed by atoms with Crippen molar-refractivity contribution in [3.63, 3.8) is 0 Å². The number of nitrogen functional groups attached to an aromatic ring is 1. The molecule has 0 aliphatic heterocycles. The van der Waals surface area contributed by atoms with E-state index in [2.05, 4.69) is 5.32 Å². The van der Waals surface area contributed by atoms with E-state index < -0.39 is 5.60 Å². The number of rotatable bonds is 5. The maximum absolute atomic E-state index is 11.8. The highest BCUT2D eigenvalue weighted by Crippen LogP contribution is 2.23. The number of nitrogens with two attached hydrogens (primary N) is 1. The van der Waals surface area contributed by atoms with Gasteiger partial charge in [0.15, 0.2) is 0 Å². The Labute approximate surface area is 118 Å². The van der Waals surface area contributed by atoms with Gasteiger partial charge in [-0.1, -0.05) is 11.6 Å². The van der Waals surface area contributed by atoms with Crippen LogP contribution in [-0.2, 0) is 4.79 Å². The van der Waals surface area contributed by atoms with E-state index in [1.54, 1.807) is 44.0 Å². The zero-order valence-electron chi connectivity index (χ0n) is 11.4. The predicted molar refractivity (Wildman–Crippen MR) is 78.3 cm³/mol. The number of hydrogen-bond acceptors (Lipinski definition) is 4. The first-order valence-corrected chi connectivity index (χ1v) is 6.31. The Kier molecular flexibility index (Phi) is 5.17. The van der Waals surface area contributed by atoms with Gasteiger partial charge in [-0.25, -0.2) is 0 Å².